The molecule has 0 spiro atoms. The van der Waals surface area contributed by atoms with E-state index in [1.165, 1.54) is 6.20 Å². The summed E-state index contributed by atoms with van der Waals surface area (Å²) in [6, 6.07) is 0.191. The van der Waals surface area contributed by atoms with Crippen molar-refractivity contribution in [2.24, 2.45) is 0 Å². The molecule has 1 aromatic heterocycles. The van der Waals surface area contributed by atoms with Crippen LogP contribution in [0.15, 0.2) is 10.8 Å². The summed E-state index contributed by atoms with van der Waals surface area (Å²) in [5, 5.41) is 4.33. The van der Waals surface area contributed by atoms with Gasteiger partial charge in [-0.1, -0.05) is 0 Å². The number of halogens is 1. The molecular weight excluding hydrogens is 366 g/mol. The van der Waals surface area contributed by atoms with Crippen LogP contribution >= 0.6 is 15.9 Å². The molecule has 8 heteroatoms. The Kier molecular flexibility index (Phi) is 5.80. The minimum Gasteiger partial charge on any atom is -0.462 e. The Morgan fingerprint density at radius 2 is 2.13 bits per heavy atom. The molecule has 2 heterocycles. The van der Waals surface area contributed by atoms with Gasteiger partial charge in [-0.05, 0) is 49.5 Å². The average Bonchev–Trinajstić information content (AvgIpc) is 2.89. The highest BCUT2D eigenvalue weighted by Crippen LogP contribution is 2.30. The van der Waals surface area contributed by atoms with Crippen LogP contribution in [0.3, 0.4) is 0 Å². The second-order valence-corrected chi connectivity index (χ2v) is 6.64. The standard InChI is InChI=1S/C15H22BrN3O4/c1-4-22-14(21)12-9-17-19(13(12)16)11-5-7-18(8-6-11)15(2,3)23-10-20/h9-11H,4-8H2,1-3H3. The van der Waals surface area contributed by atoms with Crippen LogP contribution in [0, 0.1) is 0 Å². The highest BCUT2D eigenvalue weighted by molar-refractivity contribution is 9.10. The van der Waals surface area contributed by atoms with Gasteiger partial charge in [0.25, 0.3) is 6.47 Å². The quantitative estimate of drug-likeness (QED) is 0.550. The van der Waals surface area contributed by atoms with E-state index in [-0.39, 0.29) is 12.0 Å². The van der Waals surface area contributed by atoms with Crippen LogP contribution < -0.4 is 0 Å². The maximum absolute atomic E-state index is 11.9. The van der Waals surface area contributed by atoms with E-state index >= 15 is 0 Å². The summed E-state index contributed by atoms with van der Waals surface area (Å²) < 4.78 is 12.6. The minimum absolute atomic E-state index is 0.191. The van der Waals surface area contributed by atoms with Crippen molar-refractivity contribution in [1.29, 1.82) is 0 Å². The number of hydrogen-bond donors (Lipinski definition) is 0. The third-order valence-electron chi connectivity index (χ3n) is 4.14. The largest absolute Gasteiger partial charge is 0.462 e. The Labute approximate surface area is 144 Å². The Hall–Kier alpha value is -1.41. The first-order valence-electron chi connectivity index (χ1n) is 7.67. The first kappa shape index (κ1) is 17.9. The fourth-order valence-electron chi connectivity index (χ4n) is 2.79. The molecule has 0 radical (unpaired) electrons. The van der Waals surface area contributed by atoms with Crippen molar-refractivity contribution < 1.29 is 19.1 Å². The van der Waals surface area contributed by atoms with Crippen molar-refractivity contribution in [2.45, 2.75) is 45.4 Å². The number of esters is 1. The lowest BCUT2D eigenvalue weighted by molar-refractivity contribution is -0.164. The lowest BCUT2D eigenvalue weighted by atomic mass is 10.0. The van der Waals surface area contributed by atoms with Crippen LogP contribution in [0.5, 0.6) is 0 Å². The summed E-state index contributed by atoms with van der Waals surface area (Å²) in [6.45, 7) is 7.92. The molecule has 0 atom stereocenters. The molecule has 1 saturated heterocycles. The van der Waals surface area contributed by atoms with Crippen LogP contribution in [0.2, 0.25) is 0 Å². The normalized spacial score (nSPS) is 17.0. The summed E-state index contributed by atoms with van der Waals surface area (Å²) >= 11 is 3.45. The number of ether oxygens (including phenoxy) is 2. The van der Waals surface area contributed by atoms with Crippen molar-refractivity contribution in [3.8, 4) is 0 Å². The van der Waals surface area contributed by atoms with Crippen molar-refractivity contribution in [2.75, 3.05) is 19.7 Å². The third-order valence-corrected chi connectivity index (χ3v) is 4.93. The number of carbonyl (C=O) groups is 2. The van der Waals surface area contributed by atoms with Gasteiger partial charge in [-0.3, -0.25) is 14.4 Å². The molecule has 0 bridgehead atoms. The molecule has 0 N–H and O–H groups in total. The Morgan fingerprint density at radius 1 is 1.48 bits per heavy atom. The number of aromatic nitrogens is 2. The minimum atomic E-state index is -0.607. The zero-order valence-electron chi connectivity index (χ0n) is 13.6. The van der Waals surface area contributed by atoms with E-state index in [1.54, 1.807) is 6.92 Å². The van der Waals surface area contributed by atoms with Crippen molar-refractivity contribution in [3.63, 3.8) is 0 Å². The number of carbonyl (C=O) groups excluding carboxylic acids is 2. The smallest absolute Gasteiger partial charge is 0.342 e. The Bertz CT molecular complexity index is 565. The number of hydrogen-bond acceptors (Lipinski definition) is 6. The molecule has 7 nitrogen and oxygen atoms in total. The van der Waals surface area contributed by atoms with Gasteiger partial charge < -0.3 is 9.47 Å². The van der Waals surface area contributed by atoms with E-state index in [0.717, 1.165) is 25.9 Å². The Morgan fingerprint density at radius 3 is 2.70 bits per heavy atom. The summed E-state index contributed by atoms with van der Waals surface area (Å²) in [6.07, 6.45) is 3.25. The summed E-state index contributed by atoms with van der Waals surface area (Å²) in [5.74, 6) is -0.372. The number of rotatable bonds is 6. The predicted molar refractivity (Wildman–Crippen MR) is 87.0 cm³/mol. The van der Waals surface area contributed by atoms with Crippen molar-refractivity contribution in [3.05, 3.63) is 16.4 Å². The van der Waals surface area contributed by atoms with Crippen LogP contribution in [-0.2, 0) is 14.3 Å². The average molecular weight is 388 g/mol. The summed E-state index contributed by atoms with van der Waals surface area (Å²) in [7, 11) is 0. The van der Waals surface area contributed by atoms with E-state index in [0.29, 0.717) is 23.2 Å². The molecule has 0 aliphatic carbocycles. The highest BCUT2D eigenvalue weighted by Gasteiger charge is 2.33. The molecule has 0 saturated carbocycles. The number of piperidine rings is 1. The molecule has 1 aromatic rings. The van der Waals surface area contributed by atoms with Gasteiger partial charge in [-0.25, -0.2) is 4.79 Å². The van der Waals surface area contributed by atoms with Gasteiger partial charge in [0.1, 0.15) is 10.2 Å². The van der Waals surface area contributed by atoms with E-state index in [4.69, 9.17) is 9.47 Å². The van der Waals surface area contributed by atoms with Crippen LogP contribution in [-0.4, -0.2) is 52.5 Å². The number of nitrogens with zero attached hydrogens (tertiary/aromatic N) is 3. The zero-order valence-corrected chi connectivity index (χ0v) is 15.2. The summed E-state index contributed by atoms with van der Waals surface area (Å²) in [5.41, 5.74) is -0.164. The molecule has 0 aromatic carbocycles. The van der Waals surface area contributed by atoms with Gasteiger partial charge in [-0.15, -0.1) is 0 Å². The SMILES string of the molecule is CCOC(=O)c1cnn(C2CCN(C(C)(C)OC=O)CC2)c1Br. The third kappa shape index (κ3) is 3.92. The maximum Gasteiger partial charge on any atom is 0.342 e. The summed E-state index contributed by atoms with van der Waals surface area (Å²) in [4.78, 5) is 24.6. The Balaban J connectivity index is 2.03. The van der Waals surface area contributed by atoms with Gasteiger partial charge in [0.15, 0.2) is 5.72 Å². The molecular formula is C15H22BrN3O4. The second-order valence-electron chi connectivity index (χ2n) is 5.89. The fraction of sp³-hybridized carbons (Fsp3) is 0.667. The van der Waals surface area contributed by atoms with E-state index in [1.807, 2.05) is 18.5 Å². The van der Waals surface area contributed by atoms with Crippen molar-refractivity contribution >= 4 is 28.4 Å². The lowest BCUT2D eigenvalue weighted by Gasteiger charge is -2.41. The molecule has 1 fully saturated rings. The predicted octanol–water partition coefficient (Wildman–Crippen LogP) is 2.37. The first-order valence-corrected chi connectivity index (χ1v) is 8.46. The lowest BCUT2D eigenvalue weighted by Crippen LogP contribution is -2.50. The molecule has 1 aliphatic heterocycles. The highest BCUT2D eigenvalue weighted by atomic mass is 79.9. The second kappa shape index (κ2) is 7.44. The molecule has 0 unspecified atom stereocenters. The van der Waals surface area contributed by atoms with Gasteiger partial charge in [0.05, 0.1) is 18.8 Å². The topological polar surface area (TPSA) is 73.7 Å². The fourth-order valence-corrected chi connectivity index (χ4v) is 3.43. The van der Waals surface area contributed by atoms with Gasteiger partial charge >= 0.3 is 5.97 Å². The molecule has 128 valence electrons. The van der Waals surface area contributed by atoms with Crippen molar-refractivity contribution in [1.82, 2.24) is 14.7 Å². The first-order chi connectivity index (χ1) is 10.9. The zero-order chi connectivity index (χ0) is 17.0. The van der Waals surface area contributed by atoms with Gasteiger partial charge in [0, 0.05) is 13.1 Å². The van der Waals surface area contributed by atoms with Gasteiger partial charge in [0.2, 0.25) is 0 Å². The molecule has 0 amide bonds. The molecule has 23 heavy (non-hydrogen) atoms. The van der Waals surface area contributed by atoms with E-state index in [9.17, 15) is 9.59 Å². The van der Waals surface area contributed by atoms with Crippen LogP contribution in [0.1, 0.15) is 50.0 Å². The van der Waals surface area contributed by atoms with Crippen LogP contribution in [0.25, 0.3) is 0 Å². The number of likely N-dealkylation sites (tertiary alicyclic amines) is 1. The van der Waals surface area contributed by atoms with E-state index < -0.39 is 5.72 Å². The van der Waals surface area contributed by atoms with Gasteiger partial charge in [-0.2, -0.15) is 5.10 Å². The molecule has 2 rings (SSSR count). The maximum atomic E-state index is 11.9. The van der Waals surface area contributed by atoms with Crippen LogP contribution in [0.4, 0.5) is 0 Å². The van der Waals surface area contributed by atoms with E-state index in [2.05, 4.69) is 25.9 Å². The monoisotopic (exact) mass is 387 g/mol. The molecule has 1 aliphatic rings.